The van der Waals surface area contributed by atoms with Gasteiger partial charge in [0.05, 0.1) is 13.7 Å². The Morgan fingerprint density at radius 1 is 1.05 bits per heavy atom. The van der Waals surface area contributed by atoms with E-state index < -0.39 is 22.6 Å². The maximum Gasteiger partial charge on any atom is 0.424 e. The van der Waals surface area contributed by atoms with Crippen LogP contribution in [0.4, 0.5) is 4.79 Å². The lowest BCUT2D eigenvalue weighted by molar-refractivity contribution is -0.106. The topological polar surface area (TPSA) is 108 Å². The normalized spacial score (nSPS) is 10.5. The van der Waals surface area contributed by atoms with Crippen molar-refractivity contribution in [2.45, 2.75) is 6.29 Å². The summed E-state index contributed by atoms with van der Waals surface area (Å²) >= 11 is 0. The predicted octanol–water partition coefficient (Wildman–Crippen LogP) is 0.564. The van der Waals surface area contributed by atoms with Gasteiger partial charge in [0.2, 0.25) is 0 Å². The van der Waals surface area contributed by atoms with E-state index in [4.69, 9.17) is 14.6 Å². The molecule has 0 atom stereocenters. The van der Waals surface area contributed by atoms with E-state index in [1.807, 2.05) is 36.4 Å². The second-order valence-corrected chi connectivity index (χ2v) is 5.07. The minimum atomic E-state index is -4.19. The number of nitrogens with two attached hydrogens (primary N) is 1. The van der Waals surface area contributed by atoms with E-state index in [2.05, 4.69) is 4.74 Å². The van der Waals surface area contributed by atoms with E-state index in [0.717, 1.165) is 7.11 Å². The van der Waals surface area contributed by atoms with E-state index in [1.54, 1.807) is 0 Å². The Balaban J connectivity index is 0.000000547. The van der Waals surface area contributed by atoms with Gasteiger partial charge in [0.15, 0.2) is 6.29 Å². The molecule has 0 saturated heterocycles. The van der Waals surface area contributed by atoms with Crippen molar-refractivity contribution >= 4 is 16.3 Å². The van der Waals surface area contributed by atoms with Gasteiger partial charge in [0.1, 0.15) is 0 Å². The number of methoxy groups -OCH3 is 3. The lowest BCUT2D eigenvalue weighted by Crippen LogP contribution is -2.46. The Kier molecular flexibility index (Phi) is 9.30. The molecule has 0 heterocycles. The standard InChI is InChI=1S/C6H14N2O6S.C6H6/c1-12-5(13-2)4-8(6(9)14-3)15(7,10)11;1-2-4-6-5-3-1/h5H,4H2,1-3H3,(H2,7,10,11);1-6H. The smallest absolute Gasteiger partial charge is 0.424 e. The summed E-state index contributed by atoms with van der Waals surface area (Å²) < 4.78 is 36.0. The van der Waals surface area contributed by atoms with Gasteiger partial charge in [-0.25, -0.2) is 9.93 Å². The highest BCUT2D eigenvalue weighted by molar-refractivity contribution is 7.87. The van der Waals surface area contributed by atoms with Gasteiger partial charge in [0, 0.05) is 14.2 Å². The molecule has 0 aliphatic rings. The van der Waals surface area contributed by atoms with Crippen molar-refractivity contribution < 1.29 is 27.4 Å². The quantitative estimate of drug-likeness (QED) is 0.794. The van der Waals surface area contributed by atoms with Gasteiger partial charge in [-0.2, -0.15) is 12.7 Å². The Hall–Kier alpha value is -1.68. The average Bonchev–Trinajstić information content (AvgIpc) is 2.49. The molecule has 1 aromatic carbocycles. The third-order valence-electron chi connectivity index (χ3n) is 2.19. The van der Waals surface area contributed by atoms with Gasteiger partial charge in [-0.05, 0) is 0 Å². The van der Waals surface area contributed by atoms with E-state index in [0.29, 0.717) is 4.31 Å². The number of ether oxygens (including phenoxy) is 3. The molecule has 21 heavy (non-hydrogen) atoms. The zero-order valence-electron chi connectivity index (χ0n) is 12.1. The molecule has 1 aromatic rings. The first kappa shape index (κ1) is 19.3. The van der Waals surface area contributed by atoms with Crippen LogP contribution in [0.5, 0.6) is 0 Å². The third kappa shape index (κ3) is 8.25. The molecule has 0 bridgehead atoms. The van der Waals surface area contributed by atoms with Crippen molar-refractivity contribution in [3.63, 3.8) is 0 Å². The molecule has 0 saturated carbocycles. The molecule has 120 valence electrons. The zero-order valence-corrected chi connectivity index (χ0v) is 12.9. The molecule has 1 amide bonds. The van der Waals surface area contributed by atoms with E-state index >= 15 is 0 Å². The van der Waals surface area contributed by atoms with Crippen LogP contribution in [-0.2, 0) is 24.4 Å². The second kappa shape index (κ2) is 10.1. The highest BCUT2D eigenvalue weighted by Crippen LogP contribution is 2.03. The summed E-state index contributed by atoms with van der Waals surface area (Å²) in [5, 5.41) is 4.80. The lowest BCUT2D eigenvalue weighted by Gasteiger charge is -2.22. The summed E-state index contributed by atoms with van der Waals surface area (Å²) in [5.41, 5.74) is 0. The van der Waals surface area contributed by atoms with Crippen LogP contribution < -0.4 is 5.14 Å². The first-order valence-corrected chi connectivity index (χ1v) is 7.31. The monoisotopic (exact) mass is 320 g/mol. The summed E-state index contributed by atoms with van der Waals surface area (Å²) in [4.78, 5) is 11.1. The van der Waals surface area contributed by atoms with Gasteiger partial charge in [0.25, 0.3) is 0 Å². The molecule has 0 spiro atoms. The molecule has 2 N–H and O–H groups in total. The van der Waals surface area contributed by atoms with Crippen molar-refractivity contribution in [1.82, 2.24) is 4.31 Å². The van der Waals surface area contributed by atoms with Crippen LogP contribution in [0.3, 0.4) is 0 Å². The van der Waals surface area contributed by atoms with Gasteiger partial charge in [-0.15, -0.1) is 0 Å². The number of hydrogen-bond donors (Lipinski definition) is 1. The van der Waals surface area contributed by atoms with Crippen molar-refractivity contribution in [3.8, 4) is 0 Å². The Morgan fingerprint density at radius 2 is 1.43 bits per heavy atom. The molecule has 0 aromatic heterocycles. The second-order valence-electron chi connectivity index (χ2n) is 3.60. The molecule has 0 unspecified atom stereocenters. The highest BCUT2D eigenvalue weighted by Gasteiger charge is 2.28. The van der Waals surface area contributed by atoms with Gasteiger partial charge < -0.3 is 14.2 Å². The first-order chi connectivity index (χ1) is 9.86. The number of carbonyl (C=O) groups is 1. The van der Waals surface area contributed by atoms with Crippen LogP contribution in [0.2, 0.25) is 0 Å². The van der Waals surface area contributed by atoms with Crippen LogP contribution in [-0.4, -0.2) is 53.0 Å². The number of rotatable bonds is 5. The van der Waals surface area contributed by atoms with E-state index in [1.165, 1.54) is 14.2 Å². The summed E-state index contributed by atoms with van der Waals surface area (Å²) in [7, 11) is -0.559. The lowest BCUT2D eigenvalue weighted by atomic mass is 10.4. The minimum Gasteiger partial charge on any atom is -0.452 e. The fraction of sp³-hybridized carbons (Fsp3) is 0.417. The van der Waals surface area contributed by atoms with Crippen molar-refractivity contribution in [3.05, 3.63) is 36.4 Å². The van der Waals surface area contributed by atoms with Crippen molar-refractivity contribution in [2.24, 2.45) is 5.14 Å². The summed E-state index contributed by atoms with van der Waals surface area (Å²) in [6.07, 6.45) is -2.00. The largest absolute Gasteiger partial charge is 0.452 e. The van der Waals surface area contributed by atoms with E-state index in [-0.39, 0.29) is 6.54 Å². The summed E-state index contributed by atoms with van der Waals surface area (Å²) in [6, 6.07) is 12.0. The van der Waals surface area contributed by atoms with Crippen LogP contribution in [0, 0.1) is 0 Å². The zero-order chi connectivity index (χ0) is 16.3. The fourth-order valence-corrected chi connectivity index (χ4v) is 1.76. The summed E-state index contributed by atoms with van der Waals surface area (Å²) in [6.45, 7) is -0.376. The van der Waals surface area contributed by atoms with Crippen LogP contribution in [0.1, 0.15) is 0 Å². The Bertz CT molecular complexity index is 463. The first-order valence-electron chi connectivity index (χ1n) is 5.80. The molecule has 0 aliphatic carbocycles. The molecule has 0 aliphatic heterocycles. The van der Waals surface area contributed by atoms with Crippen LogP contribution in [0.15, 0.2) is 36.4 Å². The highest BCUT2D eigenvalue weighted by atomic mass is 32.2. The molecular formula is C12H20N2O6S. The fourth-order valence-electron chi connectivity index (χ4n) is 1.15. The third-order valence-corrected chi connectivity index (χ3v) is 3.11. The van der Waals surface area contributed by atoms with Crippen molar-refractivity contribution in [2.75, 3.05) is 27.9 Å². The van der Waals surface area contributed by atoms with Gasteiger partial charge in [-0.3, -0.25) is 0 Å². The average molecular weight is 320 g/mol. The molecule has 0 radical (unpaired) electrons. The van der Waals surface area contributed by atoms with Crippen molar-refractivity contribution in [1.29, 1.82) is 0 Å². The molecule has 0 fully saturated rings. The number of amides is 1. The van der Waals surface area contributed by atoms with Gasteiger partial charge in [-0.1, -0.05) is 36.4 Å². The molecule has 8 nitrogen and oxygen atoms in total. The number of carbonyl (C=O) groups excluding carboxylic acids is 1. The minimum absolute atomic E-state index is 0.310. The predicted molar refractivity (Wildman–Crippen MR) is 76.5 cm³/mol. The molecule has 9 heteroatoms. The SMILES string of the molecule is COC(=O)N(CC(OC)OC)S(N)(=O)=O.c1ccccc1. The van der Waals surface area contributed by atoms with Crippen LogP contribution in [0.25, 0.3) is 0 Å². The molecular weight excluding hydrogens is 300 g/mol. The summed E-state index contributed by atoms with van der Waals surface area (Å²) in [5.74, 6) is 0. The maximum atomic E-state index is 11.1. The van der Waals surface area contributed by atoms with E-state index in [9.17, 15) is 13.2 Å². The Labute approximate surface area is 124 Å². The number of hydrogen-bond acceptors (Lipinski definition) is 6. The molecule has 1 rings (SSSR count). The Morgan fingerprint density at radius 3 is 1.67 bits per heavy atom. The van der Waals surface area contributed by atoms with Crippen LogP contribution >= 0.6 is 0 Å². The number of nitrogens with zero attached hydrogens (tertiary/aromatic N) is 1. The number of benzene rings is 1. The van der Waals surface area contributed by atoms with Gasteiger partial charge >= 0.3 is 16.3 Å². The maximum absolute atomic E-state index is 11.1.